The average Bonchev–Trinajstić information content (AvgIpc) is 3.88. The minimum atomic E-state index is -0.738. The highest BCUT2D eigenvalue weighted by Gasteiger charge is 2.27. The summed E-state index contributed by atoms with van der Waals surface area (Å²) in [6, 6.07) is 16.9. The molecule has 1 aliphatic heterocycles. The van der Waals surface area contributed by atoms with Crippen molar-refractivity contribution in [2.24, 2.45) is 5.92 Å². The molecule has 16 heteroatoms. The lowest BCUT2D eigenvalue weighted by Crippen LogP contribution is -2.40. The van der Waals surface area contributed by atoms with Crippen molar-refractivity contribution in [1.29, 1.82) is 0 Å². The fraction of sp³-hybridized carbons (Fsp3) is 0.553. The summed E-state index contributed by atoms with van der Waals surface area (Å²) in [5.41, 5.74) is 4.89. The number of aryl methyl sites for hydroxylation is 2. The van der Waals surface area contributed by atoms with Gasteiger partial charge < -0.3 is 44.5 Å². The van der Waals surface area contributed by atoms with Crippen LogP contribution in [0.3, 0.4) is 0 Å². The summed E-state index contributed by atoms with van der Waals surface area (Å²) in [4.78, 5) is 39.9. The number of ether oxygens (including phenoxy) is 3. The summed E-state index contributed by atoms with van der Waals surface area (Å²) >= 11 is 0. The van der Waals surface area contributed by atoms with E-state index in [2.05, 4.69) is 20.9 Å². The molecule has 5 rings (SSSR count). The molecule has 4 N–H and O–H groups in total. The van der Waals surface area contributed by atoms with E-state index in [-0.39, 0.29) is 36.6 Å². The van der Waals surface area contributed by atoms with E-state index in [1.165, 1.54) is 12.1 Å². The average molecular weight is 876 g/mol. The van der Waals surface area contributed by atoms with Crippen molar-refractivity contribution < 1.29 is 43.2 Å². The molecule has 15 nitrogen and oxygen atoms in total. The van der Waals surface area contributed by atoms with Crippen LogP contribution in [0.4, 0.5) is 9.18 Å². The van der Waals surface area contributed by atoms with E-state index < -0.39 is 18.2 Å². The number of rotatable bonds is 27. The first kappa shape index (κ1) is 48.9. The Morgan fingerprint density at radius 3 is 2.33 bits per heavy atom. The summed E-state index contributed by atoms with van der Waals surface area (Å²) in [6.07, 6.45) is 9.71. The summed E-state index contributed by atoms with van der Waals surface area (Å²) in [5, 5.41) is 34.1. The van der Waals surface area contributed by atoms with E-state index in [0.717, 1.165) is 86.1 Å². The van der Waals surface area contributed by atoms with Crippen LogP contribution >= 0.6 is 0 Å². The van der Waals surface area contributed by atoms with Crippen LogP contribution in [0.5, 0.6) is 0 Å². The molecular formula is C47H66FN7O8. The van der Waals surface area contributed by atoms with Crippen LogP contribution in [-0.4, -0.2) is 118 Å². The van der Waals surface area contributed by atoms with Gasteiger partial charge in [0, 0.05) is 49.3 Å². The molecule has 344 valence electrons. The SMILES string of the molecule is Cc1cc(C(=O)N2CCC(COC(=O)NCCOCCOCCn3cc(CCCCCCCCC(=O)N[C@@H](CO)C[C@H](O)c4ccccc4)nn3)CC2)c(C)n1-c1ccc(F)cc1. The fourth-order valence-corrected chi connectivity index (χ4v) is 7.81. The highest BCUT2D eigenvalue weighted by atomic mass is 19.1. The molecule has 1 fully saturated rings. The highest BCUT2D eigenvalue weighted by Crippen LogP contribution is 2.25. The normalized spacial score (nSPS) is 14.1. The van der Waals surface area contributed by atoms with Gasteiger partial charge >= 0.3 is 6.09 Å². The van der Waals surface area contributed by atoms with Crippen molar-refractivity contribution in [2.45, 2.75) is 103 Å². The number of hydrogen-bond acceptors (Lipinski definition) is 10. The molecule has 3 amide bonds. The Bertz CT molecular complexity index is 1970. The number of aliphatic hydroxyl groups excluding tert-OH is 2. The van der Waals surface area contributed by atoms with Gasteiger partial charge in [-0.3, -0.25) is 9.59 Å². The third-order valence-electron chi connectivity index (χ3n) is 11.4. The molecule has 1 saturated heterocycles. The molecule has 0 unspecified atom stereocenters. The first-order chi connectivity index (χ1) is 30.6. The topological polar surface area (TPSA) is 182 Å². The number of hydrogen-bond donors (Lipinski definition) is 4. The molecule has 0 bridgehead atoms. The van der Waals surface area contributed by atoms with Gasteiger partial charge in [0.25, 0.3) is 5.91 Å². The summed E-state index contributed by atoms with van der Waals surface area (Å²) in [5.74, 6) is -0.256. The van der Waals surface area contributed by atoms with Crippen LogP contribution in [0.15, 0.2) is 66.9 Å². The maximum atomic E-state index is 13.5. The van der Waals surface area contributed by atoms with Gasteiger partial charge in [-0.05, 0) is 94.2 Å². The molecule has 1 aliphatic rings. The third kappa shape index (κ3) is 16.5. The summed E-state index contributed by atoms with van der Waals surface area (Å²) in [6.45, 7) is 7.60. The Labute approximate surface area is 370 Å². The quantitative estimate of drug-likeness (QED) is 0.0518. The maximum Gasteiger partial charge on any atom is 0.407 e. The third-order valence-corrected chi connectivity index (χ3v) is 11.4. The van der Waals surface area contributed by atoms with E-state index in [1.807, 2.05) is 65.9 Å². The molecule has 63 heavy (non-hydrogen) atoms. The monoisotopic (exact) mass is 875 g/mol. The molecule has 0 aliphatic carbocycles. The summed E-state index contributed by atoms with van der Waals surface area (Å²) < 4.78 is 33.9. The van der Waals surface area contributed by atoms with Gasteiger partial charge in [-0.2, -0.15) is 0 Å². The standard InChI is InChI=1S/C47H66FN7O8/c1-35-30-43(36(2)55(35)42-18-16-39(48)17-19-42)46(59)53-23-20-37(21-24-53)34-63-47(60)49-22-26-61-28-29-62-27-25-54-32-40(51-52-54)14-10-5-3-4-6-11-15-45(58)50-41(33-56)31-44(57)38-12-8-7-9-13-38/h7-9,12-13,16-19,30,32,37,41,44,56-57H,3-6,10-11,14-15,20-29,31,33-34H2,1-2H3,(H,49,60)(H,50,58)/t41-,44+/m1/s1. The number of carbonyl (C=O) groups excluding carboxylic acids is 3. The van der Waals surface area contributed by atoms with Gasteiger partial charge in [-0.1, -0.05) is 61.2 Å². The van der Waals surface area contributed by atoms with E-state index in [0.29, 0.717) is 71.2 Å². The fourth-order valence-electron chi connectivity index (χ4n) is 7.81. The molecule has 0 saturated carbocycles. The van der Waals surface area contributed by atoms with Crippen LogP contribution in [0, 0.1) is 25.6 Å². The van der Waals surface area contributed by atoms with Crippen molar-refractivity contribution in [1.82, 2.24) is 35.1 Å². The molecule has 4 aromatic rings. The molecule has 3 heterocycles. The van der Waals surface area contributed by atoms with Crippen LogP contribution in [0.2, 0.25) is 0 Å². The van der Waals surface area contributed by atoms with Gasteiger partial charge in [0.2, 0.25) is 5.91 Å². The largest absolute Gasteiger partial charge is 0.449 e. The Morgan fingerprint density at radius 2 is 1.60 bits per heavy atom. The minimum absolute atomic E-state index is 0.0264. The first-order valence-corrected chi connectivity index (χ1v) is 22.4. The maximum absolute atomic E-state index is 13.5. The number of aromatic nitrogens is 4. The van der Waals surface area contributed by atoms with Gasteiger partial charge in [-0.15, -0.1) is 5.10 Å². The highest BCUT2D eigenvalue weighted by molar-refractivity contribution is 5.96. The van der Waals surface area contributed by atoms with Gasteiger partial charge in [0.05, 0.1) is 69.6 Å². The predicted molar refractivity (Wildman–Crippen MR) is 236 cm³/mol. The lowest BCUT2D eigenvalue weighted by atomic mass is 9.97. The second-order valence-corrected chi connectivity index (χ2v) is 16.3. The van der Waals surface area contributed by atoms with Crippen molar-refractivity contribution in [3.63, 3.8) is 0 Å². The first-order valence-electron chi connectivity index (χ1n) is 22.4. The van der Waals surface area contributed by atoms with Crippen LogP contribution < -0.4 is 10.6 Å². The zero-order chi connectivity index (χ0) is 44.8. The molecular weight excluding hydrogens is 810 g/mol. The molecule has 0 spiro atoms. The van der Waals surface area contributed by atoms with Crippen molar-refractivity contribution in [3.05, 3.63) is 101 Å². The summed E-state index contributed by atoms with van der Waals surface area (Å²) in [7, 11) is 0. The van der Waals surface area contributed by atoms with Gasteiger partial charge in [0.1, 0.15) is 5.82 Å². The number of piperidine rings is 1. The minimum Gasteiger partial charge on any atom is -0.449 e. The number of alkyl carbamates (subject to hydrolysis) is 1. The smallest absolute Gasteiger partial charge is 0.407 e. The van der Waals surface area contributed by atoms with Gasteiger partial charge in [-0.25, -0.2) is 13.9 Å². The van der Waals surface area contributed by atoms with E-state index in [9.17, 15) is 29.0 Å². The lowest BCUT2D eigenvalue weighted by molar-refractivity contribution is -0.122. The number of unbranched alkanes of at least 4 members (excludes halogenated alkanes) is 5. The number of halogens is 1. The Morgan fingerprint density at radius 1 is 0.905 bits per heavy atom. The Hall–Kier alpha value is -5.16. The second kappa shape index (κ2) is 26.5. The van der Waals surface area contributed by atoms with Crippen molar-refractivity contribution >= 4 is 17.9 Å². The number of benzene rings is 2. The number of nitrogens with one attached hydrogen (secondary N) is 2. The number of nitrogens with zero attached hydrogens (tertiary/aromatic N) is 5. The number of aliphatic hydroxyl groups is 2. The number of amides is 3. The number of carbonyl (C=O) groups is 3. The van der Waals surface area contributed by atoms with E-state index in [4.69, 9.17) is 14.2 Å². The number of likely N-dealkylation sites (tertiary alicyclic amines) is 1. The Balaban J connectivity index is 0.804. The zero-order valence-electron chi connectivity index (χ0n) is 36.9. The Kier molecular flexibility index (Phi) is 20.5. The van der Waals surface area contributed by atoms with Crippen molar-refractivity contribution in [2.75, 3.05) is 59.3 Å². The molecule has 2 atom stereocenters. The van der Waals surface area contributed by atoms with E-state index >= 15 is 0 Å². The zero-order valence-corrected chi connectivity index (χ0v) is 36.9. The van der Waals surface area contributed by atoms with Crippen LogP contribution in [0.1, 0.15) is 103 Å². The molecule has 0 radical (unpaired) electrons. The van der Waals surface area contributed by atoms with Gasteiger partial charge in [0.15, 0.2) is 0 Å². The molecule has 2 aromatic heterocycles. The van der Waals surface area contributed by atoms with Crippen LogP contribution in [-0.2, 0) is 32.0 Å². The molecule has 2 aromatic carbocycles. The lowest BCUT2D eigenvalue weighted by Gasteiger charge is -2.31. The van der Waals surface area contributed by atoms with E-state index in [1.54, 1.807) is 16.8 Å². The van der Waals surface area contributed by atoms with Crippen molar-refractivity contribution in [3.8, 4) is 5.69 Å². The second-order valence-electron chi connectivity index (χ2n) is 16.3. The van der Waals surface area contributed by atoms with Crippen LogP contribution in [0.25, 0.3) is 5.69 Å². The predicted octanol–water partition coefficient (Wildman–Crippen LogP) is 6.01.